The summed E-state index contributed by atoms with van der Waals surface area (Å²) in [5.41, 5.74) is 15.1. The average molecular weight is 469 g/mol. The van der Waals surface area contributed by atoms with E-state index < -0.39 is 5.82 Å². The number of ether oxygens (including phenoxy) is 1. The van der Waals surface area contributed by atoms with E-state index in [0.29, 0.717) is 35.6 Å². The van der Waals surface area contributed by atoms with Gasteiger partial charge in [-0.2, -0.15) is 0 Å². The molecule has 182 valence electrons. The lowest BCUT2D eigenvalue weighted by Crippen LogP contribution is -2.24. The number of benzene rings is 1. The fraction of sp³-hybridized carbons (Fsp3) is 0.440. The summed E-state index contributed by atoms with van der Waals surface area (Å²) < 4.78 is 23.6. The van der Waals surface area contributed by atoms with Crippen LogP contribution < -0.4 is 17.2 Å². The Hall–Kier alpha value is -3.17. The fourth-order valence-corrected chi connectivity index (χ4v) is 4.45. The Morgan fingerprint density at radius 3 is 2.53 bits per heavy atom. The van der Waals surface area contributed by atoms with Gasteiger partial charge in [0.05, 0.1) is 24.6 Å². The van der Waals surface area contributed by atoms with Crippen molar-refractivity contribution in [3.05, 3.63) is 52.5 Å². The Kier molecular flexibility index (Phi) is 7.04. The normalized spacial score (nSPS) is 14.4. The molecule has 2 aromatic heterocycles. The van der Waals surface area contributed by atoms with Crippen LogP contribution in [0.15, 0.2) is 35.3 Å². The molecule has 9 heteroatoms. The third-order valence-corrected chi connectivity index (χ3v) is 6.38. The van der Waals surface area contributed by atoms with E-state index in [0.717, 1.165) is 25.3 Å². The number of aromatic nitrogens is 3. The van der Waals surface area contributed by atoms with E-state index in [1.54, 1.807) is 23.9 Å². The predicted octanol–water partition coefficient (Wildman–Crippen LogP) is 3.41. The number of hydrogen-bond acceptors (Lipinski definition) is 6. The van der Waals surface area contributed by atoms with Crippen LogP contribution in [0.2, 0.25) is 0 Å². The molecular weight excluding hydrogens is 435 g/mol. The largest absolute Gasteiger partial charge is 0.398 e. The maximum absolute atomic E-state index is 14.9. The molecule has 0 atom stereocenters. The number of likely N-dealkylation sites (tertiary alicyclic amines) is 1. The number of rotatable bonds is 8. The van der Waals surface area contributed by atoms with Gasteiger partial charge in [0, 0.05) is 48.2 Å². The van der Waals surface area contributed by atoms with E-state index >= 15 is 0 Å². The molecule has 0 radical (unpaired) electrons. The Balaban J connectivity index is 1.57. The zero-order chi connectivity index (χ0) is 24.4. The lowest BCUT2D eigenvalue weighted by molar-refractivity contribution is 0.0971. The summed E-state index contributed by atoms with van der Waals surface area (Å²) in [4.78, 5) is 19.5. The molecule has 1 aromatic carbocycles. The first-order valence-electron chi connectivity index (χ1n) is 11.7. The van der Waals surface area contributed by atoms with E-state index in [-0.39, 0.29) is 23.2 Å². The lowest BCUT2D eigenvalue weighted by atomic mass is 10.00. The van der Waals surface area contributed by atoms with Crippen molar-refractivity contribution in [3.8, 4) is 22.4 Å². The summed E-state index contributed by atoms with van der Waals surface area (Å²) in [6.45, 7) is 8.07. The van der Waals surface area contributed by atoms with Crippen LogP contribution in [0.1, 0.15) is 38.4 Å². The van der Waals surface area contributed by atoms with Gasteiger partial charge in [-0.3, -0.25) is 14.1 Å². The minimum Gasteiger partial charge on any atom is -0.398 e. The number of nitrogens with two attached hydrogens (primary N) is 2. The summed E-state index contributed by atoms with van der Waals surface area (Å²) in [7, 11) is 1.61. The van der Waals surface area contributed by atoms with Gasteiger partial charge in [-0.05, 0) is 58.0 Å². The van der Waals surface area contributed by atoms with Gasteiger partial charge in [-0.1, -0.05) is 6.07 Å². The molecule has 0 saturated carbocycles. The maximum atomic E-state index is 14.9. The number of pyridine rings is 1. The van der Waals surface area contributed by atoms with E-state index in [2.05, 4.69) is 9.88 Å². The molecule has 1 aliphatic rings. The summed E-state index contributed by atoms with van der Waals surface area (Å²) >= 11 is 0. The minimum atomic E-state index is -0.467. The fourth-order valence-electron chi connectivity index (χ4n) is 4.45. The van der Waals surface area contributed by atoms with Crippen LogP contribution in [0.3, 0.4) is 0 Å². The molecule has 0 bridgehead atoms. The standard InChI is InChI=1S/C25H33FN6O2/c1-16(2)32-23(24(28)30(3)25(32)33)20-12-19(21(26)13-22(20)27)17-6-7-18(29-14-17)15-34-11-10-31-8-4-5-9-31/h6-7,12-14,16H,4-5,8-11,15,27-28H2,1-3H3. The van der Waals surface area contributed by atoms with Crippen LogP contribution in [0.5, 0.6) is 0 Å². The Morgan fingerprint density at radius 2 is 1.88 bits per heavy atom. The van der Waals surface area contributed by atoms with E-state index in [1.165, 1.54) is 23.5 Å². The molecule has 0 aliphatic carbocycles. The first-order chi connectivity index (χ1) is 16.3. The molecule has 0 unspecified atom stereocenters. The van der Waals surface area contributed by atoms with Gasteiger partial charge in [0.1, 0.15) is 11.6 Å². The highest BCUT2D eigenvalue weighted by atomic mass is 19.1. The number of halogens is 1. The first-order valence-corrected chi connectivity index (χ1v) is 11.7. The highest BCUT2D eigenvalue weighted by molar-refractivity contribution is 5.85. The van der Waals surface area contributed by atoms with Crippen molar-refractivity contribution >= 4 is 11.5 Å². The number of hydrogen-bond donors (Lipinski definition) is 2. The van der Waals surface area contributed by atoms with E-state index in [4.69, 9.17) is 16.2 Å². The van der Waals surface area contributed by atoms with Crippen LogP contribution in [0.4, 0.5) is 15.9 Å². The quantitative estimate of drug-likeness (QED) is 0.388. The molecule has 0 spiro atoms. The van der Waals surface area contributed by atoms with Crippen LogP contribution in [0.25, 0.3) is 22.4 Å². The zero-order valence-electron chi connectivity index (χ0n) is 20.1. The highest BCUT2D eigenvalue weighted by Crippen LogP contribution is 2.36. The third kappa shape index (κ3) is 4.71. The van der Waals surface area contributed by atoms with Crippen molar-refractivity contribution in [2.75, 3.05) is 37.7 Å². The van der Waals surface area contributed by atoms with E-state index in [1.807, 2.05) is 26.0 Å². The summed E-state index contributed by atoms with van der Waals surface area (Å²) in [5, 5.41) is 0. The Labute approximate surface area is 199 Å². The molecule has 3 heterocycles. The number of nitrogens with zero attached hydrogens (tertiary/aromatic N) is 4. The van der Waals surface area contributed by atoms with Gasteiger partial charge < -0.3 is 21.1 Å². The van der Waals surface area contributed by atoms with Gasteiger partial charge in [-0.15, -0.1) is 0 Å². The van der Waals surface area contributed by atoms with Crippen molar-refractivity contribution in [1.29, 1.82) is 0 Å². The maximum Gasteiger partial charge on any atom is 0.330 e. The van der Waals surface area contributed by atoms with Crippen molar-refractivity contribution in [1.82, 2.24) is 19.0 Å². The summed E-state index contributed by atoms with van der Waals surface area (Å²) in [6, 6.07) is 6.40. The number of anilines is 2. The second kappa shape index (κ2) is 9.99. The van der Waals surface area contributed by atoms with Crippen LogP contribution in [0, 0.1) is 5.82 Å². The van der Waals surface area contributed by atoms with E-state index in [9.17, 15) is 9.18 Å². The molecule has 8 nitrogen and oxygen atoms in total. The van der Waals surface area contributed by atoms with Crippen molar-refractivity contribution in [2.45, 2.75) is 39.3 Å². The second-order valence-electron chi connectivity index (χ2n) is 9.10. The van der Waals surface area contributed by atoms with Gasteiger partial charge in [0.25, 0.3) is 0 Å². The predicted molar refractivity (Wildman–Crippen MR) is 133 cm³/mol. The molecule has 34 heavy (non-hydrogen) atoms. The monoisotopic (exact) mass is 468 g/mol. The summed E-state index contributed by atoms with van der Waals surface area (Å²) in [6.07, 6.45) is 4.15. The Bertz CT molecular complexity index is 1210. The average Bonchev–Trinajstić information content (AvgIpc) is 3.40. The molecular formula is C25H33FN6O2. The number of nitrogen functional groups attached to an aromatic ring is 2. The molecule has 1 saturated heterocycles. The van der Waals surface area contributed by atoms with Gasteiger partial charge >= 0.3 is 5.69 Å². The zero-order valence-corrected chi connectivity index (χ0v) is 20.1. The second-order valence-corrected chi connectivity index (χ2v) is 9.10. The van der Waals surface area contributed by atoms with Crippen LogP contribution >= 0.6 is 0 Å². The topological polar surface area (TPSA) is 104 Å². The smallest absolute Gasteiger partial charge is 0.330 e. The van der Waals surface area contributed by atoms with Crippen LogP contribution in [-0.4, -0.2) is 45.3 Å². The SMILES string of the molecule is CC(C)n1c(-c2cc(-c3ccc(COCCN4CCCC4)nc3)c(F)cc2N)c(N)n(C)c1=O. The van der Waals surface area contributed by atoms with Crippen LogP contribution in [-0.2, 0) is 18.4 Å². The van der Waals surface area contributed by atoms with Crippen molar-refractivity contribution in [2.24, 2.45) is 7.05 Å². The molecule has 1 fully saturated rings. The molecule has 4 N–H and O–H groups in total. The number of imidazole rings is 1. The van der Waals surface area contributed by atoms with Gasteiger partial charge in [0.15, 0.2) is 0 Å². The summed E-state index contributed by atoms with van der Waals surface area (Å²) in [5.74, 6) is -0.187. The third-order valence-electron chi connectivity index (χ3n) is 6.38. The highest BCUT2D eigenvalue weighted by Gasteiger charge is 2.22. The first kappa shape index (κ1) is 24.0. The molecule has 4 rings (SSSR count). The van der Waals surface area contributed by atoms with Crippen molar-refractivity contribution < 1.29 is 9.13 Å². The Morgan fingerprint density at radius 1 is 1.15 bits per heavy atom. The molecule has 1 aliphatic heterocycles. The van der Waals surface area contributed by atoms with Gasteiger partial charge in [0.2, 0.25) is 0 Å². The molecule has 0 amide bonds. The minimum absolute atomic E-state index is 0.148. The molecule has 3 aromatic rings. The van der Waals surface area contributed by atoms with Crippen molar-refractivity contribution in [3.63, 3.8) is 0 Å². The lowest BCUT2D eigenvalue weighted by Gasteiger charge is -2.15. The van der Waals surface area contributed by atoms with Gasteiger partial charge in [-0.25, -0.2) is 9.18 Å².